The van der Waals surface area contributed by atoms with Gasteiger partial charge in [0.25, 0.3) is 5.82 Å². The maximum Gasteiger partial charge on any atom is 0.272 e. The summed E-state index contributed by atoms with van der Waals surface area (Å²) in [7, 11) is 0. The van der Waals surface area contributed by atoms with Crippen molar-refractivity contribution in [2.45, 2.75) is 6.04 Å². The molecule has 0 aliphatic carbocycles. The average molecular weight is 381 g/mol. The summed E-state index contributed by atoms with van der Waals surface area (Å²) in [4.78, 5) is 7.31. The minimum Gasteiger partial charge on any atom is -0.505 e. The van der Waals surface area contributed by atoms with Crippen molar-refractivity contribution in [3.63, 3.8) is 0 Å². The molecular weight excluding hydrogens is 365 g/mol. The molecule has 0 fully saturated rings. The number of nitrogens with one attached hydrogen (secondary N) is 2. The fourth-order valence-electron chi connectivity index (χ4n) is 3.10. The Kier molecular flexibility index (Phi) is 4.60. The van der Waals surface area contributed by atoms with Gasteiger partial charge < -0.3 is 5.11 Å². The van der Waals surface area contributed by atoms with Crippen LogP contribution in [0.15, 0.2) is 73.1 Å². The van der Waals surface area contributed by atoms with Crippen molar-refractivity contribution < 1.29 is 14.5 Å². The van der Waals surface area contributed by atoms with Gasteiger partial charge in [0, 0.05) is 28.8 Å². The molecule has 134 valence electrons. The van der Waals surface area contributed by atoms with Crippen molar-refractivity contribution in [3.05, 3.63) is 95.0 Å². The van der Waals surface area contributed by atoms with E-state index in [2.05, 4.69) is 15.3 Å². The van der Waals surface area contributed by atoms with Crippen molar-refractivity contribution in [2.24, 2.45) is 0 Å². The highest BCUT2D eigenvalue weighted by atomic mass is 35.5. The Morgan fingerprint density at radius 1 is 1.04 bits per heavy atom. The van der Waals surface area contributed by atoms with Crippen LogP contribution in [0.3, 0.4) is 0 Å². The van der Waals surface area contributed by atoms with Gasteiger partial charge in [0.1, 0.15) is 17.1 Å². The number of rotatable bonds is 4. The lowest BCUT2D eigenvalue weighted by molar-refractivity contribution is -0.361. The number of fused-ring (bicyclic) bond motifs is 1. The SMILES string of the molecule is Oc1c([C@@H](Nc2cccc[nH+]2)c2ccccc2F)cc(Cl)c2cccnc12. The highest BCUT2D eigenvalue weighted by Crippen LogP contribution is 2.39. The predicted octanol–water partition coefficient (Wildman–Crippen LogP) is 4.75. The van der Waals surface area contributed by atoms with E-state index in [1.165, 1.54) is 6.07 Å². The zero-order valence-corrected chi connectivity index (χ0v) is 14.9. The zero-order valence-electron chi connectivity index (χ0n) is 14.2. The third-order valence-electron chi connectivity index (χ3n) is 4.38. The van der Waals surface area contributed by atoms with Gasteiger partial charge in [-0.1, -0.05) is 35.9 Å². The number of aromatic nitrogens is 2. The van der Waals surface area contributed by atoms with Crippen molar-refractivity contribution in [1.82, 2.24) is 4.98 Å². The fraction of sp³-hybridized carbons (Fsp3) is 0.0476. The van der Waals surface area contributed by atoms with E-state index in [4.69, 9.17) is 11.6 Å². The smallest absolute Gasteiger partial charge is 0.272 e. The molecule has 3 N–H and O–H groups in total. The molecule has 0 radical (unpaired) electrons. The van der Waals surface area contributed by atoms with E-state index in [-0.39, 0.29) is 11.6 Å². The molecule has 27 heavy (non-hydrogen) atoms. The van der Waals surface area contributed by atoms with Gasteiger partial charge in [-0.25, -0.2) is 9.37 Å². The monoisotopic (exact) mass is 380 g/mol. The van der Waals surface area contributed by atoms with Crippen LogP contribution in [0.25, 0.3) is 10.9 Å². The third-order valence-corrected chi connectivity index (χ3v) is 4.69. The molecule has 6 heteroatoms. The van der Waals surface area contributed by atoms with Gasteiger partial charge in [0.05, 0.1) is 11.2 Å². The van der Waals surface area contributed by atoms with E-state index in [9.17, 15) is 9.50 Å². The summed E-state index contributed by atoms with van der Waals surface area (Å²) < 4.78 is 14.6. The number of anilines is 1. The largest absolute Gasteiger partial charge is 0.505 e. The maximum absolute atomic E-state index is 14.6. The van der Waals surface area contributed by atoms with E-state index in [1.807, 2.05) is 18.2 Å². The Morgan fingerprint density at radius 3 is 2.63 bits per heavy atom. The Bertz CT molecular complexity index is 1110. The molecule has 0 saturated heterocycles. The molecule has 4 aromatic rings. The van der Waals surface area contributed by atoms with E-state index in [0.29, 0.717) is 32.9 Å². The number of phenols is 1. The molecule has 2 heterocycles. The molecule has 1 atom stereocenters. The predicted molar refractivity (Wildman–Crippen MR) is 103 cm³/mol. The van der Waals surface area contributed by atoms with Crippen molar-refractivity contribution >= 4 is 28.3 Å². The Labute approximate surface area is 160 Å². The molecule has 0 spiro atoms. The molecule has 2 aromatic heterocycles. The Hall–Kier alpha value is -3.18. The number of benzene rings is 2. The second kappa shape index (κ2) is 7.21. The number of hydrogen-bond acceptors (Lipinski definition) is 3. The number of phenolic OH excluding ortho intramolecular Hbond substituents is 1. The molecule has 0 amide bonds. The molecule has 2 aromatic carbocycles. The van der Waals surface area contributed by atoms with Crippen LogP contribution in [0, 0.1) is 5.82 Å². The molecule has 0 bridgehead atoms. The first kappa shape index (κ1) is 17.2. The molecule has 0 unspecified atom stereocenters. The van der Waals surface area contributed by atoms with Gasteiger partial charge >= 0.3 is 0 Å². The van der Waals surface area contributed by atoms with Gasteiger partial charge in [-0.2, -0.15) is 0 Å². The summed E-state index contributed by atoms with van der Waals surface area (Å²) in [6.07, 6.45) is 3.34. The first-order valence-corrected chi connectivity index (χ1v) is 8.76. The van der Waals surface area contributed by atoms with E-state index in [1.54, 1.807) is 48.8 Å². The second-order valence-electron chi connectivity index (χ2n) is 6.07. The average Bonchev–Trinajstić information content (AvgIpc) is 2.71. The molecule has 0 aliphatic heterocycles. The van der Waals surface area contributed by atoms with E-state index >= 15 is 0 Å². The van der Waals surface area contributed by atoms with Crippen LogP contribution in [0.1, 0.15) is 17.2 Å². The first-order valence-electron chi connectivity index (χ1n) is 8.39. The van der Waals surface area contributed by atoms with Crippen molar-refractivity contribution in [2.75, 3.05) is 5.32 Å². The lowest BCUT2D eigenvalue weighted by Gasteiger charge is -2.18. The topological polar surface area (TPSA) is 59.3 Å². The van der Waals surface area contributed by atoms with Gasteiger partial charge in [-0.15, -0.1) is 0 Å². The van der Waals surface area contributed by atoms with Crippen LogP contribution in [0.4, 0.5) is 10.2 Å². The summed E-state index contributed by atoms with van der Waals surface area (Å²) in [5, 5.41) is 15.2. The van der Waals surface area contributed by atoms with Crippen molar-refractivity contribution in [1.29, 1.82) is 0 Å². The molecule has 4 nitrogen and oxygen atoms in total. The lowest BCUT2D eigenvalue weighted by atomic mass is 9.95. The number of halogens is 2. The molecule has 0 saturated carbocycles. The van der Waals surface area contributed by atoms with Crippen LogP contribution < -0.4 is 10.3 Å². The quantitative estimate of drug-likeness (QED) is 0.537. The number of aromatic hydroxyl groups is 1. The van der Waals surface area contributed by atoms with Crippen LogP contribution in [0.2, 0.25) is 5.02 Å². The lowest BCUT2D eigenvalue weighted by Crippen LogP contribution is -2.20. The van der Waals surface area contributed by atoms with Crippen LogP contribution in [-0.4, -0.2) is 10.1 Å². The van der Waals surface area contributed by atoms with Crippen LogP contribution in [-0.2, 0) is 0 Å². The minimum atomic E-state index is -0.672. The van der Waals surface area contributed by atoms with Crippen molar-refractivity contribution in [3.8, 4) is 5.75 Å². The normalized spacial score (nSPS) is 12.1. The van der Waals surface area contributed by atoms with Gasteiger partial charge in [-0.05, 0) is 30.3 Å². The third kappa shape index (κ3) is 3.29. The summed E-state index contributed by atoms with van der Waals surface area (Å²) in [6, 6.07) is 16.5. The maximum atomic E-state index is 14.6. The number of nitrogens with zero attached hydrogens (tertiary/aromatic N) is 1. The summed E-state index contributed by atoms with van der Waals surface area (Å²) >= 11 is 6.43. The van der Waals surface area contributed by atoms with E-state index < -0.39 is 6.04 Å². The van der Waals surface area contributed by atoms with Gasteiger partial charge in [-0.3, -0.25) is 10.3 Å². The Morgan fingerprint density at radius 2 is 1.85 bits per heavy atom. The fourth-order valence-corrected chi connectivity index (χ4v) is 3.37. The Balaban J connectivity index is 1.92. The summed E-state index contributed by atoms with van der Waals surface area (Å²) in [5.74, 6) is 0.247. The molecule has 0 aliphatic rings. The van der Waals surface area contributed by atoms with E-state index in [0.717, 1.165) is 0 Å². The van der Waals surface area contributed by atoms with Gasteiger partial charge in [0.2, 0.25) is 0 Å². The number of hydrogen-bond donors (Lipinski definition) is 2. The number of pyridine rings is 2. The summed E-state index contributed by atoms with van der Waals surface area (Å²) in [5.41, 5.74) is 1.20. The minimum absolute atomic E-state index is 0.0355. The molecular formula is C21H16ClFN3O+. The zero-order chi connectivity index (χ0) is 18.8. The van der Waals surface area contributed by atoms with Gasteiger partial charge in [0.15, 0.2) is 6.04 Å². The first-order chi connectivity index (χ1) is 13.1. The standard InChI is InChI=1S/C21H15ClFN3O/c22-16-12-15(21(27)20-13(16)7-5-11-25-20)19(14-6-1-2-8-17(14)23)26-18-9-3-4-10-24-18/h1-12,19,27H,(H,24,26)/p+1/t19-/m0/s1. The summed E-state index contributed by atoms with van der Waals surface area (Å²) in [6.45, 7) is 0. The second-order valence-corrected chi connectivity index (χ2v) is 6.48. The highest BCUT2D eigenvalue weighted by Gasteiger charge is 2.27. The molecule has 4 rings (SSSR count). The van der Waals surface area contributed by atoms with Crippen LogP contribution in [0.5, 0.6) is 5.75 Å². The number of aromatic amines is 1. The number of H-pyrrole nitrogens is 1. The highest BCUT2D eigenvalue weighted by molar-refractivity contribution is 6.35. The van der Waals surface area contributed by atoms with Crippen LogP contribution >= 0.6 is 11.6 Å².